The van der Waals surface area contributed by atoms with Crippen molar-refractivity contribution in [1.82, 2.24) is 0 Å². The van der Waals surface area contributed by atoms with Gasteiger partial charge < -0.3 is 5.73 Å². The highest BCUT2D eigenvalue weighted by atomic mass is 16.6. The standard InChI is InChI=1S/C14H10N2O2/c15-14-12(7-4-8-13(14)16(17)18)10-9-11-5-2-1-3-6-11/h1-8H,15H2. The lowest BCUT2D eigenvalue weighted by molar-refractivity contribution is -0.383. The molecule has 0 spiro atoms. The predicted octanol–water partition coefficient (Wildman–Crippen LogP) is 2.58. The van der Waals surface area contributed by atoms with Gasteiger partial charge in [-0.05, 0) is 18.2 Å². The van der Waals surface area contributed by atoms with E-state index in [0.717, 1.165) is 5.56 Å². The van der Waals surface area contributed by atoms with Gasteiger partial charge in [0.1, 0.15) is 5.69 Å². The first-order valence-corrected chi connectivity index (χ1v) is 5.28. The molecule has 0 radical (unpaired) electrons. The van der Waals surface area contributed by atoms with Crippen molar-refractivity contribution in [3.8, 4) is 11.8 Å². The highest BCUT2D eigenvalue weighted by molar-refractivity contribution is 5.68. The van der Waals surface area contributed by atoms with Crippen LogP contribution in [0.1, 0.15) is 11.1 Å². The molecule has 88 valence electrons. The Hall–Kier alpha value is -2.80. The normalized spacial score (nSPS) is 9.33. The first kappa shape index (κ1) is 11.7. The Morgan fingerprint density at radius 2 is 1.72 bits per heavy atom. The number of benzene rings is 2. The summed E-state index contributed by atoms with van der Waals surface area (Å²) < 4.78 is 0. The van der Waals surface area contributed by atoms with E-state index in [1.54, 1.807) is 12.1 Å². The zero-order valence-corrected chi connectivity index (χ0v) is 9.46. The summed E-state index contributed by atoms with van der Waals surface area (Å²) in [6.07, 6.45) is 0. The summed E-state index contributed by atoms with van der Waals surface area (Å²) >= 11 is 0. The summed E-state index contributed by atoms with van der Waals surface area (Å²) in [5, 5.41) is 10.7. The summed E-state index contributed by atoms with van der Waals surface area (Å²) in [7, 11) is 0. The molecule has 0 bridgehead atoms. The van der Waals surface area contributed by atoms with Gasteiger partial charge in [0.05, 0.1) is 10.5 Å². The van der Waals surface area contributed by atoms with Crippen LogP contribution >= 0.6 is 0 Å². The fraction of sp³-hybridized carbons (Fsp3) is 0. The van der Waals surface area contributed by atoms with E-state index in [9.17, 15) is 10.1 Å². The molecule has 2 aromatic rings. The molecule has 2 rings (SSSR count). The van der Waals surface area contributed by atoms with Crippen LogP contribution in [0.3, 0.4) is 0 Å². The summed E-state index contributed by atoms with van der Waals surface area (Å²) in [5.74, 6) is 5.76. The Bertz CT molecular complexity index is 640. The number of rotatable bonds is 1. The molecule has 0 aliphatic rings. The second-order valence-corrected chi connectivity index (χ2v) is 3.61. The quantitative estimate of drug-likeness (QED) is 0.359. The van der Waals surface area contributed by atoms with Crippen LogP contribution in [0.15, 0.2) is 48.5 Å². The van der Waals surface area contributed by atoms with E-state index in [-0.39, 0.29) is 11.4 Å². The number of anilines is 1. The Kier molecular flexibility index (Phi) is 3.26. The molecule has 2 N–H and O–H groups in total. The zero-order chi connectivity index (χ0) is 13.0. The average Bonchev–Trinajstić information content (AvgIpc) is 2.38. The molecule has 0 aliphatic carbocycles. The molecule has 4 nitrogen and oxygen atoms in total. The maximum absolute atomic E-state index is 10.7. The maximum Gasteiger partial charge on any atom is 0.293 e. The van der Waals surface area contributed by atoms with E-state index in [1.165, 1.54) is 6.07 Å². The van der Waals surface area contributed by atoms with Gasteiger partial charge in [-0.2, -0.15) is 0 Å². The van der Waals surface area contributed by atoms with Crippen molar-refractivity contribution in [1.29, 1.82) is 0 Å². The SMILES string of the molecule is Nc1c(C#Cc2ccccc2)cccc1[N+](=O)[O-]. The topological polar surface area (TPSA) is 69.2 Å². The van der Waals surface area contributed by atoms with Gasteiger partial charge in [-0.3, -0.25) is 10.1 Å². The fourth-order valence-electron chi connectivity index (χ4n) is 1.48. The molecule has 0 unspecified atom stereocenters. The van der Waals surface area contributed by atoms with Crippen LogP contribution in [-0.2, 0) is 0 Å². The van der Waals surface area contributed by atoms with Crippen LogP contribution in [0.4, 0.5) is 11.4 Å². The van der Waals surface area contributed by atoms with Gasteiger partial charge in [-0.1, -0.05) is 36.1 Å². The summed E-state index contributed by atoms with van der Waals surface area (Å²) in [4.78, 5) is 10.2. The van der Waals surface area contributed by atoms with E-state index in [2.05, 4.69) is 11.8 Å². The summed E-state index contributed by atoms with van der Waals surface area (Å²) in [5.41, 5.74) is 6.99. The second-order valence-electron chi connectivity index (χ2n) is 3.61. The van der Waals surface area contributed by atoms with Crippen molar-refractivity contribution in [2.45, 2.75) is 0 Å². The lowest BCUT2D eigenvalue weighted by Crippen LogP contribution is -1.97. The third kappa shape index (κ3) is 2.47. The second kappa shape index (κ2) is 5.02. The van der Waals surface area contributed by atoms with Crippen molar-refractivity contribution >= 4 is 11.4 Å². The van der Waals surface area contributed by atoms with E-state index < -0.39 is 4.92 Å². The third-order valence-electron chi connectivity index (χ3n) is 2.40. The Labute approximate surface area is 104 Å². The van der Waals surface area contributed by atoms with E-state index >= 15 is 0 Å². The van der Waals surface area contributed by atoms with Gasteiger partial charge in [0, 0.05) is 11.6 Å². The van der Waals surface area contributed by atoms with Crippen molar-refractivity contribution in [3.63, 3.8) is 0 Å². The van der Waals surface area contributed by atoms with E-state index in [1.807, 2.05) is 30.3 Å². The molecule has 0 aromatic heterocycles. The van der Waals surface area contributed by atoms with Gasteiger partial charge in [-0.15, -0.1) is 0 Å². The van der Waals surface area contributed by atoms with Crippen LogP contribution in [0.2, 0.25) is 0 Å². The van der Waals surface area contributed by atoms with Gasteiger partial charge in [0.25, 0.3) is 5.69 Å². The third-order valence-corrected chi connectivity index (χ3v) is 2.40. The van der Waals surface area contributed by atoms with Crippen LogP contribution in [0.5, 0.6) is 0 Å². The first-order chi connectivity index (χ1) is 8.68. The fourth-order valence-corrected chi connectivity index (χ4v) is 1.48. The van der Waals surface area contributed by atoms with Crippen molar-refractivity contribution in [2.24, 2.45) is 0 Å². The molecule has 4 heteroatoms. The number of para-hydroxylation sites is 1. The molecule has 0 fully saturated rings. The van der Waals surface area contributed by atoms with Gasteiger partial charge in [0.15, 0.2) is 0 Å². The molecule has 2 aromatic carbocycles. The molecule has 18 heavy (non-hydrogen) atoms. The molecule has 0 saturated heterocycles. The summed E-state index contributed by atoms with van der Waals surface area (Å²) in [6, 6.07) is 14.0. The highest BCUT2D eigenvalue weighted by Crippen LogP contribution is 2.23. The monoisotopic (exact) mass is 238 g/mol. The number of nitrogens with two attached hydrogens (primary N) is 1. The number of nitrogens with zero attached hydrogens (tertiary/aromatic N) is 1. The molecule has 0 amide bonds. The predicted molar refractivity (Wildman–Crippen MR) is 69.9 cm³/mol. The first-order valence-electron chi connectivity index (χ1n) is 5.28. The minimum Gasteiger partial charge on any atom is -0.392 e. The largest absolute Gasteiger partial charge is 0.392 e. The average molecular weight is 238 g/mol. The van der Waals surface area contributed by atoms with E-state index in [4.69, 9.17) is 5.73 Å². The molecule has 0 atom stereocenters. The lowest BCUT2D eigenvalue weighted by atomic mass is 10.1. The van der Waals surface area contributed by atoms with Gasteiger partial charge in [-0.25, -0.2) is 0 Å². The Balaban J connectivity index is 2.39. The zero-order valence-electron chi connectivity index (χ0n) is 9.46. The van der Waals surface area contributed by atoms with Crippen LogP contribution < -0.4 is 5.73 Å². The highest BCUT2D eigenvalue weighted by Gasteiger charge is 2.12. The number of hydrogen-bond acceptors (Lipinski definition) is 3. The number of nitro benzene ring substituents is 1. The van der Waals surface area contributed by atoms with Crippen molar-refractivity contribution in [2.75, 3.05) is 5.73 Å². The molecular weight excluding hydrogens is 228 g/mol. The maximum atomic E-state index is 10.7. The van der Waals surface area contributed by atoms with Crippen molar-refractivity contribution in [3.05, 3.63) is 69.8 Å². The summed E-state index contributed by atoms with van der Waals surface area (Å²) in [6.45, 7) is 0. The molecule has 0 aliphatic heterocycles. The molecule has 0 heterocycles. The molecular formula is C14H10N2O2. The van der Waals surface area contributed by atoms with E-state index in [0.29, 0.717) is 5.56 Å². The van der Waals surface area contributed by atoms with Gasteiger partial charge in [0.2, 0.25) is 0 Å². The molecule has 0 saturated carbocycles. The Morgan fingerprint density at radius 3 is 2.39 bits per heavy atom. The van der Waals surface area contributed by atoms with Crippen molar-refractivity contribution < 1.29 is 4.92 Å². The van der Waals surface area contributed by atoms with Crippen LogP contribution in [-0.4, -0.2) is 4.92 Å². The minimum absolute atomic E-state index is 0.103. The smallest absolute Gasteiger partial charge is 0.293 e. The van der Waals surface area contributed by atoms with Crippen LogP contribution in [0.25, 0.3) is 0 Å². The lowest BCUT2D eigenvalue weighted by Gasteiger charge is -1.98. The number of nitro groups is 1. The van der Waals surface area contributed by atoms with Gasteiger partial charge >= 0.3 is 0 Å². The minimum atomic E-state index is -0.511. The van der Waals surface area contributed by atoms with Crippen LogP contribution in [0, 0.1) is 22.0 Å². The number of nitrogen functional groups attached to an aromatic ring is 1. The Morgan fingerprint density at radius 1 is 1.00 bits per heavy atom. The number of hydrogen-bond donors (Lipinski definition) is 1.